The molecule has 0 spiro atoms. The highest BCUT2D eigenvalue weighted by Gasteiger charge is 2.25. The molecule has 1 aromatic heterocycles. The zero-order valence-corrected chi connectivity index (χ0v) is 21.9. The van der Waals surface area contributed by atoms with E-state index in [-0.39, 0.29) is 35.8 Å². The van der Waals surface area contributed by atoms with Crippen molar-refractivity contribution in [1.29, 1.82) is 0 Å². The van der Waals surface area contributed by atoms with Crippen molar-refractivity contribution in [1.82, 2.24) is 20.4 Å². The summed E-state index contributed by atoms with van der Waals surface area (Å²) in [5.41, 5.74) is 4.21. The minimum Gasteiger partial charge on any atom is -0.357 e. The summed E-state index contributed by atoms with van der Waals surface area (Å²) in [7, 11) is 0. The number of anilines is 1. The monoisotopic (exact) mass is 572 g/mol. The van der Waals surface area contributed by atoms with Crippen molar-refractivity contribution in [3.05, 3.63) is 78.1 Å². The fourth-order valence-electron chi connectivity index (χ4n) is 3.74. The van der Waals surface area contributed by atoms with Crippen LogP contribution in [0.15, 0.2) is 72.0 Å². The number of hydrogen-bond acceptors (Lipinski definition) is 3. The number of hydrogen-bond donors (Lipinski definition) is 3. The topological polar surface area (TPSA) is 83.3 Å². The molecule has 0 unspecified atom stereocenters. The van der Waals surface area contributed by atoms with Gasteiger partial charge in [-0.3, -0.25) is 4.79 Å². The van der Waals surface area contributed by atoms with Crippen LogP contribution in [0, 0.1) is 5.92 Å². The van der Waals surface area contributed by atoms with E-state index < -0.39 is 0 Å². The van der Waals surface area contributed by atoms with Gasteiger partial charge < -0.3 is 16.0 Å². The molecule has 34 heavy (non-hydrogen) atoms. The van der Waals surface area contributed by atoms with E-state index >= 15 is 0 Å². The van der Waals surface area contributed by atoms with Crippen LogP contribution < -0.4 is 16.0 Å². The van der Waals surface area contributed by atoms with Crippen LogP contribution in [-0.4, -0.2) is 34.7 Å². The molecular weight excluding hydrogens is 539 g/mol. The normalized spacial score (nSPS) is 13.5. The molecule has 3 aromatic rings. The summed E-state index contributed by atoms with van der Waals surface area (Å²) in [6, 6.07) is 18.3. The first-order valence-electron chi connectivity index (χ1n) is 11.7. The lowest BCUT2D eigenvalue weighted by atomic mass is 9.85. The van der Waals surface area contributed by atoms with Gasteiger partial charge in [0, 0.05) is 37.1 Å². The van der Waals surface area contributed by atoms with Gasteiger partial charge in [0.25, 0.3) is 0 Å². The first kappa shape index (κ1) is 25.7. The Balaban J connectivity index is 0.00000324. The van der Waals surface area contributed by atoms with Crippen LogP contribution in [0.25, 0.3) is 5.69 Å². The summed E-state index contributed by atoms with van der Waals surface area (Å²) in [5, 5.41) is 14.0. The van der Waals surface area contributed by atoms with E-state index in [4.69, 9.17) is 4.99 Å². The lowest BCUT2D eigenvalue weighted by Gasteiger charge is -2.24. The molecule has 1 fully saturated rings. The summed E-state index contributed by atoms with van der Waals surface area (Å²) >= 11 is 0. The third kappa shape index (κ3) is 7.31. The van der Waals surface area contributed by atoms with Gasteiger partial charge in [0.05, 0.1) is 12.2 Å². The van der Waals surface area contributed by atoms with Gasteiger partial charge in [0.2, 0.25) is 5.91 Å². The first-order valence-corrected chi connectivity index (χ1v) is 11.7. The highest BCUT2D eigenvalue weighted by Crippen LogP contribution is 2.27. The van der Waals surface area contributed by atoms with Crippen molar-refractivity contribution in [2.45, 2.75) is 39.2 Å². The van der Waals surface area contributed by atoms with Crippen molar-refractivity contribution in [2.75, 3.05) is 18.4 Å². The largest absolute Gasteiger partial charge is 0.357 e. The van der Waals surface area contributed by atoms with Crippen LogP contribution in [0.2, 0.25) is 0 Å². The number of nitrogens with one attached hydrogen (secondary N) is 3. The maximum Gasteiger partial charge on any atom is 0.227 e. The van der Waals surface area contributed by atoms with Gasteiger partial charge in [0.15, 0.2) is 5.96 Å². The molecule has 7 nitrogen and oxygen atoms in total. The predicted octanol–water partition coefficient (Wildman–Crippen LogP) is 4.53. The van der Waals surface area contributed by atoms with Gasteiger partial charge in [-0.05, 0) is 67.6 Å². The van der Waals surface area contributed by atoms with Gasteiger partial charge in [-0.25, -0.2) is 9.67 Å². The SMILES string of the molecule is CCNC(=NCc1cccc(NC(=O)C2CCC2)c1)NCCc1ccc(-n2cccn2)cc1.I. The maximum atomic E-state index is 12.2. The van der Waals surface area contributed by atoms with Crippen molar-refractivity contribution in [2.24, 2.45) is 10.9 Å². The van der Waals surface area contributed by atoms with E-state index in [9.17, 15) is 4.79 Å². The quantitative estimate of drug-likeness (QED) is 0.200. The second kappa shape index (κ2) is 13.1. The molecule has 0 bridgehead atoms. The molecule has 0 saturated heterocycles. The molecule has 8 heteroatoms. The molecule has 180 valence electrons. The Labute approximate surface area is 218 Å². The van der Waals surface area contributed by atoms with E-state index in [1.54, 1.807) is 6.20 Å². The van der Waals surface area contributed by atoms with Crippen molar-refractivity contribution >= 4 is 41.5 Å². The zero-order chi connectivity index (χ0) is 22.9. The van der Waals surface area contributed by atoms with Crippen LogP contribution in [0.3, 0.4) is 0 Å². The van der Waals surface area contributed by atoms with E-state index in [1.807, 2.05) is 41.2 Å². The molecule has 1 aliphatic rings. The van der Waals surface area contributed by atoms with Gasteiger partial charge >= 0.3 is 0 Å². The average Bonchev–Trinajstić information content (AvgIpc) is 3.32. The van der Waals surface area contributed by atoms with Crippen LogP contribution in [0.5, 0.6) is 0 Å². The smallest absolute Gasteiger partial charge is 0.227 e. The highest BCUT2D eigenvalue weighted by molar-refractivity contribution is 14.0. The standard InChI is InChI=1S/C26H32N6O.HI/c1-2-27-26(28-16-14-20-10-12-24(13-11-20)32-17-5-15-30-32)29-19-21-6-3-9-23(18-21)31-25(33)22-7-4-8-22;/h3,5-6,9-13,15,17-18,22H,2,4,7-8,14,16,19H2,1H3,(H,31,33)(H2,27,28,29);1H. The Kier molecular flexibility index (Phi) is 9.93. The van der Waals surface area contributed by atoms with E-state index in [2.05, 4.69) is 52.2 Å². The summed E-state index contributed by atoms with van der Waals surface area (Å²) in [6.45, 7) is 4.18. The summed E-state index contributed by atoms with van der Waals surface area (Å²) in [6.07, 6.45) is 7.77. The molecule has 1 aliphatic carbocycles. The van der Waals surface area contributed by atoms with Crippen LogP contribution >= 0.6 is 24.0 Å². The molecule has 0 aliphatic heterocycles. The number of carbonyl (C=O) groups excluding carboxylic acids is 1. The molecule has 4 rings (SSSR count). The Morgan fingerprint density at radius 2 is 1.91 bits per heavy atom. The Morgan fingerprint density at radius 1 is 1.09 bits per heavy atom. The molecule has 2 aromatic carbocycles. The second-order valence-corrected chi connectivity index (χ2v) is 8.31. The average molecular weight is 572 g/mol. The molecule has 0 atom stereocenters. The van der Waals surface area contributed by atoms with Gasteiger partial charge in [0.1, 0.15) is 0 Å². The molecule has 0 radical (unpaired) electrons. The zero-order valence-electron chi connectivity index (χ0n) is 19.5. The van der Waals surface area contributed by atoms with E-state index in [1.165, 1.54) is 5.56 Å². The number of halogens is 1. The molecule has 3 N–H and O–H groups in total. The lowest BCUT2D eigenvalue weighted by Crippen LogP contribution is -2.38. The number of aromatic nitrogens is 2. The lowest BCUT2D eigenvalue weighted by molar-refractivity contribution is -0.122. The van der Waals surface area contributed by atoms with E-state index in [0.717, 1.165) is 61.7 Å². The second-order valence-electron chi connectivity index (χ2n) is 8.31. The van der Waals surface area contributed by atoms with Crippen LogP contribution in [0.4, 0.5) is 5.69 Å². The van der Waals surface area contributed by atoms with Crippen molar-refractivity contribution < 1.29 is 4.79 Å². The highest BCUT2D eigenvalue weighted by atomic mass is 127. The number of aliphatic imine (C=N–C) groups is 1. The molecule has 1 amide bonds. The fourth-order valence-corrected chi connectivity index (χ4v) is 3.74. The van der Waals surface area contributed by atoms with Crippen molar-refractivity contribution in [3.8, 4) is 5.69 Å². The third-order valence-corrected chi connectivity index (χ3v) is 5.85. The number of nitrogens with zero attached hydrogens (tertiary/aromatic N) is 3. The van der Waals surface area contributed by atoms with Crippen LogP contribution in [0.1, 0.15) is 37.3 Å². The summed E-state index contributed by atoms with van der Waals surface area (Å²) in [4.78, 5) is 16.9. The minimum atomic E-state index is 0. The van der Waals surface area contributed by atoms with Gasteiger partial charge in [-0.2, -0.15) is 5.10 Å². The van der Waals surface area contributed by atoms with E-state index in [0.29, 0.717) is 6.54 Å². The third-order valence-electron chi connectivity index (χ3n) is 5.85. The fraction of sp³-hybridized carbons (Fsp3) is 0.346. The molecular formula is C26H33IN6O. The number of guanidine groups is 1. The first-order chi connectivity index (χ1) is 16.2. The summed E-state index contributed by atoms with van der Waals surface area (Å²) < 4.78 is 1.85. The number of amides is 1. The predicted molar refractivity (Wildman–Crippen MR) is 148 cm³/mol. The van der Waals surface area contributed by atoms with Gasteiger partial charge in [-0.1, -0.05) is 30.7 Å². The Bertz CT molecular complexity index is 1060. The number of benzene rings is 2. The van der Waals surface area contributed by atoms with Crippen LogP contribution in [-0.2, 0) is 17.8 Å². The maximum absolute atomic E-state index is 12.2. The minimum absolute atomic E-state index is 0. The number of carbonyl (C=O) groups is 1. The molecule has 1 heterocycles. The summed E-state index contributed by atoms with van der Waals surface area (Å²) in [5.74, 6) is 1.10. The Hall–Kier alpha value is -2.88. The van der Waals surface area contributed by atoms with Gasteiger partial charge in [-0.15, -0.1) is 24.0 Å². The Morgan fingerprint density at radius 3 is 2.59 bits per heavy atom. The number of rotatable bonds is 9. The van der Waals surface area contributed by atoms with Crippen molar-refractivity contribution in [3.63, 3.8) is 0 Å². The molecule has 1 saturated carbocycles.